The molecule has 1 rings (SSSR count). The van der Waals surface area contributed by atoms with E-state index in [1.807, 2.05) is 24.8 Å². The number of thioether (sulfide) groups is 1. The van der Waals surface area contributed by atoms with Crippen LogP contribution in [0.25, 0.3) is 0 Å². The van der Waals surface area contributed by atoms with E-state index in [0.29, 0.717) is 0 Å². The molecule has 15 heavy (non-hydrogen) atoms. The summed E-state index contributed by atoms with van der Waals surface area (Å²) >= 11 is 1.99. The van der Waals surface area contributed by atoms with Crippen LogP contribution in [0.15, 0.2) is 24.3 Å². The van der Waals surface area contributed by atoms with Gasteiger partial charge in [0.1, 0.15) is 5.75 Å². The highest BCUT2D eigenvalue weighted by atomic mass is 32.2. The summed E-state index contributed by atoms with van der Waals surface area (Å²) < 4.78 is 5.58. The third kappa shape index (κ3) is 4.61. The predicted molar refractivity (Wildman–Crippen MR) is 68.7 cm³/mol. The van der Waals surface area contributed by atoms with Gasteiger partial charge in [-0.15, -0.1) is 0 Å². The average molecular weight is 224 g/mol. The molecule has 0 aliphatic heterocycles. The molecule has 0 spiro atoms. The third-order valence-electron chi connectivity index (χ3n) is 2.17. The van der Waals surface area contributed by atoms with Gasteiger partial charge in [-0.25, -0.2) is 0 Å². The number of ether oxygens (including phenoxy) is 1. The summed E-state index contributed by atoms with van der Waals surface area (Å²) in [6, 6.07) is 8.33. The van der Waals surface area contributed by atoms with Crippen molar-refractivity contribution in [3.8, 4) is 5.75 Å². The van der Waals surface area contributed by atoms with Crippen molar-refractivity contribution in [2.45, 2.75) is 32.4 Å². The fourth-order valence-corrected chi connectivity index (χ4v) is 2.44. The van der Waals surface area contributed by atoms with Gasteiger partial charge in [-0.05, 0) is 25.2 Å². The number of unbranched alkanes of at least 4 members (excludes halogenated alkanes) is 1. The lowest BCUT2D eigenvalue weighted by Gasteiger charge is -2.09. The van der Waals surface area contributed by atoms with Crippen LogP contribution in [0.4, 0.5) is 0 Å². The number of hydrogen-bond donors (Lipinski definition) is 0. The fourth-order valence-electron chi connectivity index (χ4n) is 1.35. The maximum Gasteiger partial charge on any atom is 0.123 e. The molecule has 0 bridgehead atoms. The summed E-state index contributed by atoms with van der Waals surface area (Å²) in [4.78, 5) is 0. The van der Waals surface area contributed by atoms with E-state index < -0.39 is 0 Å². The van der Waals surface area contributed by atoms with E-state index in [-0.39, 0.29) is 0 Å². The van der Waals surface area contributed by atoms with E-state index in [4.69, 9.17) is 4.74 Å². The molecule has 0 aliphatic rings. The van der Waals surface area contributed by atoms with Crippen LogP contribution in [0.2, 0.25) is 0 Å². The topological polar surface area (TPSA) is 9.23 Å². The molecule has 0 radical (unpaired) electrons. The highest BCUT2D eigenvalue weighted by Crippen LogP contribution is 2.23. The Bertz CT molecular complexity index is 273. The molecule has 0 unspecified atom stereocenters. The Morgan fingerprint density at radius 2 is 2.00 bits per heavy atom. The average Bonchev–Trinajstić information content (AvgIpc) is 2.27. The largest absolute Gasteiger partial charge is 0.494 e. The molecule has 0 heterocycles. The normalized spacial score (nSPS) is 10.3. The molecule has 0 aromatic heterocycles. The van der Waals surface area contributed by atoms with Crippen LogP contribution < -0.4 is 4.74 Å². The molecular formula is C13H20OS. The summed E-state index contributed by atoms with van der Waals surface area (Å²) in [6.45, 7) is 5.01. The van der Waals surface area contributed by atoms with Crippen molar-refractivity contribution in [2.24, 2.45) is 0 Å². The molecule has 0 saturated carbocycles. The van der Waals surface area contributed by atoms with Gasteiger partial charge in [-0.3, -0.25) is 0 Å². The van der Waals surface area contributed by atoms with Crippen molar-refractivity contribution in [3.63, 3.8) is 0 Å². The first-order chi connectivity index (χ1) is 7.38. The second-order valence-corrected chi connectivity index (χ2v) is 4.55. The minimum atomic E-state index is 0.747. The van der Waals surface area contributed by atoms with E-state index >= 15 is 0 Å². The molecule has 0 amide bonds. The third-order valence-corrected chi connectivity index (χ3v) is 3.26. The van der Waals surface area contributed by atoms with Gasteiger partial charge in [-0.1, -0.05) is 31.5 Å². The highest BCUT2D eigenvalue weighted by molar-refractivity contribution is 7.98. The molecule has 1 aromatic carbocycles. The van der Waals surface area contributed by atoms with Crippen molar-refractivity contribution >= 4 is 11.8 Å². The van der Waals surface area contributed by atoms with Gasteiger partial charge >= 0.3 is 0 Å². The highest BCUT2D eigenvalue weighted by Gasteiger charge is 2.01. The smallest absolute Gasteiger partial charge is 0.123 e. The van der Waals surface area contributed by atoms with Crippen LogP contribution in [0, 0.1) is 0 Å². The first-order valence-electron chi connectivity index (χ1n) is 5.67. The Morgan fingerprint density at radius 1 is 1.20 bits per heavy atom. The molecule has 0 saturated heterocycles. The molecule has 1 nitrogen and oxygen atoms in total. The summed E-state index contributed by atoms with van der Waals surface area (Å²) in [5.74, 6) is 3.36. The van der Waals surface area contributed by atoms with E-state index in [1.165, 1.54) is 24.2 Å². The van der Waals surface area contributed by atoms with Gasteiger partial charge in [0.2, 0.25) is 0 Å². The van der Waals surface area contributed by atoms with Crippen molar-refractivity contribution in [2.75, 3.05) is 12.4 Å². The molecular weight excluding hydrogens is 204 g/mol. The van der Waals surface area contributed by atoms with Crippen LogP contribution in [0.5, 0.6) is 5.75 Å². The van der Waals surface area contributed by atoms with Gasteiger partial charge in [0, 0.05) is 11.3 Å². The summed E-state index contributed by atoms with van der Waals surface area (Å²) in [5, 5.41) is 0. The Labute approximate surface area is 97.2 Å². The van der Waals surface area contributed by atoms with Gasteiger partial charge in [0.15, 0.2) is 0 Å². The summed E-state index contributed by atoms with van der Waals surface area (Å²) in [7, 11) is 0. The monoisotopic (exact) mass is 224 g/mol. The Balaban J connectivity index is 2.44. The Morgan fingerprint density at radius 3 is 2.73 bits per heavy atom. The molecule has 0 aliphatic carbocycles. The SMILES string of the molecule is CCCCSCc1ccccc1OCC. The first-order valence-corrected chi connectivity index (χ1v) is 6.82. The number of para-hydroxylation sites is 1. The van der Waals surface area contributed by atoms with Crippen LogP contribution in [0.1, 0.15) is 32.3 Å². The lowest BCUT2D eigenvalue weighted by molar-refractivity contribution is 0.337. The fraction of sp³-hybridized carbons (Fsp3) is 0.538. The lowest BCUT2D eigenvalue weighted by Crippen LogP contribution is -1.95. The number of benzene rings is 1. The van der Waals surface area contributed by atoms with Crippen molar-refractivity contribution in [1.29, 1.82) is 0 Å². The van der Waals surface area contributed by atoms with Crippen molar-refractivity contribution in [3.05, 3.63) is 29.8 Å². The molecule has 1 aromatic rings. The van der Waals surface area contributed by atoms with Crippen molar-refractivity contribution in [1.82, 2.24) is 0 Å². The quantitative estimate of drug-likeness (QED) is 0.644. The first kappa shape index (κ1) is 12.4. The minimum absolute atomic E-state index is 0.747. The molecule has 2 heteroatoms. The van der Waals surface area contributed by atoms with Crippen LogP contribution >= 0.6 is 11.8 Å². The van der Waals surface area contributed by atoms with Gasteiger partial charge in [-0.2, -0.15) is 11.8 Å². The summed E-state index contributed by atoms with van der Waals surface area (Å²) in [6.07, 6.45) is 2.58. The van der Waals surface area contributed by atoms with Gasteiger partial charge < -0.3 is 4.74 Å². The predicted octanol–water partition coefficient (Wildman–Crippen LogP) is 4.12. The summed E-state index contributed by atoms with van der Waals surface area (Å²) in [5.41, 5.74) is 1.32. The standard InChI is InChI=1S/C13H20OS/c1-3-5-10-15-11-12-8-6-7-9-13(12)14-4-2/h6-9H,3-5,10-11H2,1-2H3. The lowest BCUT2D eigenvalue weighted by atomic mass is 10.2. The van der Waals surface area contributed by atoms with Crippen molar-refractivity contribution < 1.29 is 4.74 Å². The number of rotatable bonds is 7. The van der Waals surface area contributed by atoms with Crippen LogP contribution in [0.3, 0.4) is 0 Å². The number of hydrogen-bond acceptors (Lipinski definition) is 2. The zero-order valence-electron chi connectivity index (χ0n) is 9.66. The van der Waals surface area contributed by atoms with E-state index in [9.17, 15) is 0 Å². The van der Waals surface area contributed by atoms with Gasteiger partial charge in [0.25, 0.3) is 0 Å². The molecule has 0 atom stereocenters. The van der Waals surface area contributed by atoms with E-state index in [2.05, 4.69) is 25.1 Å². The zero-order valence-corrected chi connectivity index (χ0v) is 10.5. The molecule has 0 N–H and O–H groups in total. The van der Waals surface area contributed by atoms with E-state index in [1.54, 1.807) is 0 Å². The van der Waals surface area contributed by atoms with E-state index in [0.717, 1.165) is 18.1 Å². The van der Waals surface area contributed by atoms with Crippen LogP contribution in [-0.4, -0.2) is 12.4 Å². The molecule has 84 valence electrons. The minimum Gasteiger partial charge on any atom is -0.494 e. The molecule has 0 fully saturated rings. The zero-order chi connectivity index (χ0) is 10.9. The second kappa shape index (κ2) is 7.63. The second-order valence-electron chi connectivity index (χ2n) is 3.45. The van der Waals surface area contributed by atoms with Crippen LogP contribution in [-0.2, 0) is 5.75 Å². The Kier molecular flexibility index (Phi) is 6.33. The Hall–Kier alpha value is -0.630. The van der Waals surface area contributed by atoms with Gasteiger partial charge in [0.05, 0.1) is 6.61 Å². The maximum atomic E-state index is 5.58. The maximum absolute atomic E-state index is 5.58.